The molecule has 0 saturated carbocycles. The molecule has 0 fully saturated rings. The van der Waals surface area contributed by atoms with E-state index in [9.17, 15) is 18.5 Å². The maximum Gasteiger partial charge on any atom is 0.256 e. The lowest BCUT2D eigenvalue weighted by atomic mass is 10.1. The number of thiophene rings is 1. The Labute approximate surface area is 176 Å². The van der Waals surface area contributed by atoms with Crippen molar-refractivity contribution in [2.75, 3.05) is 18.4 Å². The molecule has 1 aliphatic rings. The summed E-state index contributed by atoms with van der Waals surface area (Å²) in [6.07, 6.45) is 4.36. The first-order valence-electron chi connectivity index (χ1n) is 9.88. The zero-order chi connectivity index (χ0) is 21.0. The molecule has 0 bridgehead atoms. The molecule has 0 atom stereocenters. The summed E-state index contributed by atoms with van der Waals surface area (Å²) in [5.41, 5.74) is 1.98. The summed E-state index contributed by atoms with van der Waals surface area (Å²) in [7, 11) is -3.57. The Morgan fingerprint density at radius 3 is 2.41 bits per heavy atom. The van der Waals surface area contributed by atoms with Crippen LogP contribution in [0.2, 0.25) is 0 Å². The van der Waals surface area contributed by atoms with Gasteiger partial charge in [0.15, 0.2) is 0 Å². The van der Waals surface area contributed by atoms with Crippen LogP contribution in [0.4, 0.5) is 5.00 Å². The van der Waals surface area contributed by atoms with Crippen LogP contribution >= 0.6 is 11.3 Å². The fraction of sp³-hybridized carbons (Fsp3) is 0.429. The molecule has 0 radical (unpaired) electrons. The summed E-state index contributed by atoms with van der Waals surface area (Å²) in [5.74, 6) is -0.343. The summed E-state index contributed by atoms with van der Waals surface area (Å²) in [6.45, 7) is 4.83. The molecule has 0 saturated heterocycles. The highest BCUT2D eigenvalue weighted by atomic mass is 32.2. The average Bonchev–Trinajstić information content (AvgIpc) is 3.28. The van der Waals surface area contributed by atoms with Gasteiger partial charge in [-0.3, -0.25) is 4.79 Å². The van der Waals surface area contributed by atoms with Gasteiger partial charge in [0.2, 0.25) is 10.0 Å². The molecule has 1 heterocycles. The van der Waals surface area contributed by atoms with E-state index in [1.807, 2.05) is 13.8 Å². The van der Waals surface area contributed by atoms with Crippen molar-refractivity contribution in [2.45, 2.75) is 50.8 Å². The van der Waals surface area contributed by atoms with Crippen LogP contribution in [0.15, 0.2) is 29.2 Å². The van der Waals surface area contributed by atoms with Crippen LogP contribution in [-0.4, -0.2) is 31.7 Å². The van der Waals surface area contributed by atoms with Gasteiger partial charge in [0.05, 0.1) is 10.5 Å². The van der Waals surface area contributed by atoms with Gasteiger partial charge >= 0.3 is 0 Å². The van der Waals surface area contributed by atoms with Crippen molar-refractivity contribution in [1.29, 1.82) is 5.26 Å². The number of anilines is 1. The number of fused-ring (bicyclic) bond motifs is 1. The number of amides is 1. The molecule has 29 heavy (non-hydrogen) atoms. The molecule has 8 heteroatoms. The van der Waals surface area contributed by atoms with Crippen LogP contribution in [0.5, 0.6) is 0 Å². The summed E-state index contributed by atoms with van der Waals surface area (Å²) < 4.78 is 27.2. The number of sulfonamides is 1. The fourth-order valence-corrected chi connectivity index (χ4v) is 6.42. The first kappa shape index (κ1) is 21.5. The lowest BCUT2D eigenvalue weighted by molar-refractivity contribution is 0.102. The summed E-state index contributed by atoms with van der Waals surface area (Å²) in [4.78, 5) is 14.0. The first-order valence-corrected chi connectivity index (χ1v) is 12.1. The van der Waals surface area contributed by atoms with E-state index in [-0.39, 0.29) is 10.8 Å². The Bertz CT molecular complexity index is 1030. The number of rotatable bonds is 8. The normalized spacial score (nSPS) is 13.3. The molecule has 6 nitrogen and oxygen atoms in total. The fourth-order valence-electron chi connectivity index (χ4n) is 3.56. The van der Waals surface area contributed by atoms with Gasteiger partial charge in [-0.1, -0.05) is 13.8 Å². The zero-order valence-electron chi connectivity index (χ0n) is 16.7. The van der Waals surface area contributed by atoms with Gasteiger partial charge in [-0.25, -0.2) is 8.42 Å². The van der Waals surface area contributed by atoms with E-state index in [4.69, 9.17) is 0 Å². The van der Waals surface area contributed by atoms with Gasteiger partial charge in [-0.15, -0.1) is 11.3 Å². The van der Waals surface area contributed by atoms with Crippen LogP contribution in [0.25, 0.3) is 0 Å². The van der Waals surface area contributed by atoms with Crippen LogP contribution in [0.1, 0.15) is 59.5 Å². The summed E-state index contributed by atoms with van der Waals surface area (Å²) in [6, 6.07) is 8.20. The molecule has 3 rings (SSSR count). The molecular weight excluding hydrogens is 406 g/mol. The van der Waals surface area contributed by atoms with E-state index in [2.05, 4.69) is 11.4 Å². The number of carbonyl (C=O) groups is 1. The highest BCUT2D eigenvalue weighted by molar-refractivity contribution is 7.89. The number of nitrogens with one attached hydrogen (secondary N) is 1. The van der Waals surface area contributed by atoms with Crippen LogP contribution in [-0.2, 0) is 22.9 Å². The standard InChI is InChI=1S/C21H25N3O3S2/c1-3-12-24(13-4-2)29(26,27)16-10-8-15(9-11-16)20(25)23-21-18(14-22)17-6-5-7-19(17)28-21/h8-11H,3-7,12-13H2,1-2H3,(H,23,25). The van der Waals surface area contributed by atoms with E-state index in [0.717, 1.165) is 37.7 Å². The topological polar surface area (TPSA) is 90.3 Å². The molecule has 1 amide bonds. The number of hydrogen-bond acceptors (Lipinski definition) is 5. The molecule has 0 spiro atoms. The maximum absolute atomic E-state index is 12.8. The number of benzene rings is 1. The van der Waals surface area contributed by atoms with Gasteiger partial charge in [-0.05, 0) is 61.9 Å². The third-order valence-corrected chi connectivity index (χ3v) is 8.08. The minimum atomic E-state index is -3.57. The van der Waals surface area contributed by atoms with Crippen molar-refractivity contribution in [3.8, 4) is 6.07 Å². The molecule has 1 aliphatic carbocycles. The Kier molecular flexibility index (Phi) is 6.73. The molecule has 1 aromatic heterocycles. The Morgan fingerprint density at radius 1 is 1.17 bits per heavy atom. The molecular formula is C21H25N3O3S2. The van der Waals surface area contributed by atoms with Gasteiger partial charge in [0.25, 0.3) is 5.91 Å². The maximum atomic E-state index is 12.8. The molecule has 1 aromatic carbocycles. The molecule has 0 unspecified atom stereocenters. The highest BCUT2D eigenvalue weighted by Gasteiger charge is 2.25. The summed E-state index contributed by atoms with van der Waals surface area (Å²) >= 11 is 1.46. The van der Waals surface area contributed by atoms with Crippen molar-refractivity contribution in [3.05, 3.63) is 45.8 Å². The van der Waals surface area contributed by atoms with Crippen molar-refractivity contribution in [3.63, 3.8) is 0 Å². The van der Waals surface area contributed by atoms with E-state index in [1.165, 1.54) is 44.8 Å². The van der Waals surface area contributed by atoms with Crippen molar-refractivity contribution in [2.24, 2.45) is 0 Å². The van der Waals surface area contributed by atoms with Crippen LogP contribution < -0.4 is 5.32 Å². The largest absolute Gasteiger partial charge is 0.312 e. The Balaban J connectivity index is 1.78. The predicted octanol–water partition coefficient (Wildman–Crippen LogP) is 4.17. The molecule has 0 aliphatic heterocycles. The second-order valence-electron chi connectivity index (χ2n) is 7.06. The van der Waals surface area contributed by atoms with Gasteiger partial charge in [-0.2, -0.15) is 9.57 Å². The quantitative estimate of drug-likeness (QED) is 0.679. The molecule has 1 N–H and O–H groups in total. The Hall–Kier alpha value is -2.21. The number of carbonyl (C=O) groups excluding carboxylic acids is 1. The number of aryl methyl sites for hydroxylation is 1. The average molecular weight is 432 g/mol. The minimum absolute atomic E-state index is 0.184. The Morgan fingerprint density at radius 2 is 1.83 bits per heavy atom. The predicted molar refractivity (Wildman–Crippen MR) is 115 cm³/mol. The second-order valence-corrected chi connectivity index (χ2v) is 10.1. The first-order chi connectivity index (χ1) is 13.9. The minimum Gasteiger partial charge on any atom is -0.312 e. The van der Waals surface area contributed by atoms with E-state index in [1.54, 1.807) is 0 Å². The van der Waals surface area contributed by atoms with Gasteiger partial charge in [0.1, 0.15) is 11.1 Å². The van der Waals surface area contributed by atoms with Crippen LogP contribution in [0.3, 0.4) is 0 Å². The zero-order valence-corrected chi connectivity index (χ0v) is 18.3. The van der Waals surface area contributed by atoms with Crippen LogP contribution in [0, 0.1) is 11.3 Å². The third-order valence-electron chi connectivity index (χ3n) is 4.96. The highest BCUT2D eigenvalue weighted by Crippen LogP contribution is 2.38. The number of nitrogens with zero attached hydrogens (tertiary/aromatic N) is 2. The van der Waals surface area contributed by atoms with E-state index >= 15 is 0 Å². The number of nitriles is 1. The van der Waals surface area contributed by atoms with Crippen molar-refractivity contribution in [1.82, 2.24) is 4.31 Å². The van der Waals surface area contributed by atoms with Gasteiger partial charge in [0, 0.05) is 23.5 Å². The second kappa shape index (κ2) is 9.08. The molecule has 154 valence electrons. The van der Waals surface area contributed by atoms with Crippen molar-refractivity contribution >= 4 is 32.3 Å². The molecule has 2 aromatic rings. The van der Waals surface area contributed by atoms with Gasteiger partial charge < -0.3 is 5.32 Å². The monoisotopic (exact) mass is 431 g/mol. The van der Waals surface area contributed by atoms with E-state index in [0.29, 0.717) is 29.2 Å². The third kappa shape index (κ3) is 4.37. The summed E-state index contributed by atoms with van der Waals surface area (Å²) in [5, 5.41) is 12.9. The SMILES string of the molecule is CCCN(CCC)S(=O)(=O)c1ccc(C(=O)Nc2sc3c(c2C#N)CCC3)cc1. The van der Waals surface area contributed by atoms with Crippen molar-refractivity contribution < 1.29 is 13.2 Å². The number of hydrogen-bond donors (Lipinski definition) is 1. The smallest absolute Gasteiger partial charge is 0.256 e. The van der Waals surface area contributed by atoms with E-state index < -0.39 is 10.0 Å². The lowest BCUT2D eigenvalue weighted by Gasteiger charge is -2.21. The lowest BCUT2D eigenvalue weighted by Crippen LogP contribution is -2.32.